The molecule has 0 atom stereocenters. The lowest BCUT2D eigenvalue weighted by atomic mass is 9.81. The Morgan fingerprint density at radius 3 is 1.82 bits per heavy atom. The number of pyridine rings is 2. The first kappa shape index (κ1) is 27.5. The Labute approximate surface area is 265 Å². The van der Waals surface area contributed by atoms with Crippen molar-refractivity contribution in [1.82, 2.24) is 9.97 Å². The maximum absolute atomic E-state index is 5.31. The van der Waals surface area contributed by atoms with Crippen LogP contribution in [0.4, 0.5) is 0 Å². The molecule has 0 saturated carbocycles. The summed E-state index contributed by atoms with van der Waals surface area (Å²) in [7, 11) is 0. The number of aromatic nitrogens is 2. The van der Waals surface area contributed by atoms with E-state index >= 15 is 0 Å². The molecule has 0 N–H and O–H groups in total. The predicted molar refractivity (Wildman–Crippen MR) is 190 cm³/mol. The van der Waals surface area contributed by atoms with Crippen LogP contribution in [0.25, 0.3) is 66.4 Å². The molecule has 2 nitrogen and oxygen atoms in total. The molecular weight excluding hydrogens is 544 g/mol. The summed E-state index contributed by atoms with van der Waals surface area (Å²) in [5.41, 5.74) is 19.4. The number of hydrogen-bond acceptors (Lipinski definition) is 2. The van der Waals surface area contributed by atoms with Crippen LogP contribution in [0.15, 0.2) is 109 Å². The van der Waals surface area contributed by atoms with E-state index in [1.807, 2.05) is 6.20 Å². The van der Waals surface area contributed by atoms with Gasteiger partial charge in [0.2, 0.25) is 0 Å². The van der Waals surface area contributed by atoms with Gasteiger partial charge in [0.25, 0.3) is 0 Å². The summed E-state index contributed by atoms with van der Waals surface area (Å²) in [6.45, 7) is 13.4. The van der Waals surface area contributed by atoms with E-state index in [-0.39, 0.29) is 5.41 Å². The topological polar surface area (TPSA) is 25.8 Å². The van der Waals surface area contributed by atoms with Crippen LogP contribution in [0.3, 0.4) is 0 Å². The largest absolute Gasteiger partial charge is 0.254 e. The van der Waals surface area contributed by atoms with E-state index < -0.39 is 0 Å². The zero-order valence-electron chi connectivity index (χ0n) is 26.8. The molecule has 45 heavy (non-hydrogen) atoms. The maximum atomic E-state index is 5.31. The Bertz CT molecular complexity index is 2340. The maximum Gasteiger partial charge on any atom is 0.0975 e. The second kappa shape index (κ2) is 9.97. The second-order valence-electron chi connectivity index (χ2n) is 13.2. The Morgan fingerprint density at radius 2 is 1.09 bits per heavy atom. The van der Waals surface area contributed by atoms with Gasteiger partial charge in [-0.3, -0.25) is 4.98 Å². The van der Waals surface area contributed by atoms with Crippen molar-refractivity contribution in [3.05, 3.63) is 143 Å². The first-order chi connectivity index (χ1) is 21.7. The highest BCUT2D eigenvalue weighted by Gasteiger charge is 2.35. The van der Waals surface area contributed by atoms with Crippen LogP contribution >= 0.6 is 0 Å². The summed E-state index contributed by atoms with van der Waals surface area (Å²) in [6.07, 6.45) is 1.97. The van der Waals surface area contributed by atoms with Gasteiger partial charge in [0, 0.05) is 27.9 Å². The van der Waals surface area contributed by atoms with Crippen molar-refractivity contribution in [2.75, 3.05) is 0 Å². The van der Waals surface area contributed by atoms with Crippen molar-refractivity contribution in [3.8, 4) is 44.6 Å². The number of rotatable bonds is 3. The van der Waals surface area contributed by atoms with E-state index in [0.717, 1.165) is 22.3 Å². The predicted octanol–water partition coefficient (Wildman–Crippen LogP) is 11.3. The van der Waals surface area contributed by atoms with E-state index in [1.54, 1.807) is 0 Å². The van der Waals surface area contributed by atoms with Gasteiger partial charge in [-0.25, -0.2) is 4.98 Å². The molecule has 8 rings (SSSR count). The van der Waals surface area contributed by atoms with Crippen molar-refractivity contribution in [2.24, 2.45) is 0 Å². The summed E-state index contributed by atoms with van der Waals surface area (Å²) in [5, 5.41) is 2.34. The van der Waals surface area contributed by atoms with E-state index in [9.17, 15) is 0 Å². The van der Waals surface area contributed by atoms with Crippen molar-refractivity contribution < 1.29 is 0 Å². The quantitative estimate of drug-likeness (QED) is 0.194. The molecule has 0 spiro atoms. The zero-order valence-corrected chi connectivity index (χ0v) is 26.8. The van der Waals surface area contributed by atoms with Gasteiger partial charge >= 0.3 is 0 Å². The number of benzene rings is 5. The molecule has 0 aliphatic heterocycles. The molecule has 0 saturated heterocycles. The minimum Gasteiger partial charge on any atom is -0.254 e. The number of hydrogen-bond donors (Lipinski definition) is 0. The fraction of sp³-hybridized carbons (Fsp3) is 0.163. The first-order valence-corrected chi connectivity index (χ1v) is 15.8. The van der Waals surface area contributed by atoms with Gasteiger partial charge < -0.3 is 0 Å². The average molecular weight is 581 g/mol. The van der Waals surface area contributed by atoms with E-state index in [0.29, 0.717) is 0 Å². The van der Waals surface area contributed by atoms with Crippen LogP contribution in [0.1, 0.15) is 47.2 Å². The number of fused-ring (bicyclic) bond motifs is 6. The van der Waals surface area contributed by atoms with Gasteiger partial charge in [0.15, 0.2) is 0 Å². The monoisotopic (exact) mass is 580 g/mol. The van der Waals surface area contributed by atoms with Gasteiger partial charge in [-0.05, 0) is 113 Å². The Balaban J connectivity index is 1.21. The molecular formula is C43H36N2. The molecule has 7 aromatic rings. The lowest BCUT2D eigenvalue weighted by molar-refractivity contribution is 0.660. The van der Waals surface area contributed by atoms with Gasteiger partial charge in [0.1, 0.15) is 0 Å². The molecule has 5 aromatic carbocycles. The molecule has 1 aliphatic carbocycles. The van der Waals surface area contributed by atoms with Crippen LogP contribution < -0.4 is 0 Å². The van der Waals surface area contributed by atoms with Crippen molar-refractivity contribution >= 4 is 21.8 Å². The number of aryl methyl sites for hydroxylation is 3. The SMILES string of the molecule is Cc1cnc2c(ccc3c(C)c(C)c(-c4cccc(-c5cccc(-c6ccc7c(c6)C(C)(C)c6ccccc6-7)c5)c4)nc32)c1C. The number of nitrogens with zero attached hydrogens (tertiary/aromatic N) is 2. The van der Waals surface area contributed by atoms with Crippen LogP contribution in [0.5, 0.6) is 0 Å². The molecule has 0 unspecified atom stereocenters. The summed E-state index contributed by atoms with van der Waals surface area (Å²) in [6, 6.07) is 38.0. The highest BCUT2D eigenvalue weighted by atomic mass is 14.8. The summed E-state index contributed by atoms with van der Waals surface area (Å²) >= 11 is 0. The summed E-state index contributed by atoms with van der Waals surface area (Å²) in [5.74, 6) is 0. The van der Waals surface area contributed by atoms with E-state index in [4.69, 9.17) is 9.97 Å². The third-order valence-corrected chi connectivity index (χ3v) is 10.3. The summed E-state index contributed by atoms with van der Waals surface area (Å²) < 4.78 is 0. The van der Waals surface area contributed by atoms with Gasteiger partial charge in [0.05, 0.1) is 16.7 Å². The smallest absolute Gasteiger partial charge is 0.0975 e. The van der Waals surface area contributed by atoms with Crippen molar-refractivity contribution in [3.63, 3.8) is 0 Å². The molecule has 218 valence electrons. The highest BCUT2D eigenvalue weighted by Crippen LogP contribution is 2.49. The molecule has 0 fully saturated rings. The normalized spacial score (nSPS) is 13.3. The zero-order chi connectivity index (χ0) is 31.0. The average Bonchev–Trinajstić information content (AvgIpc) is 3.30. The lowest BCUT2D eigenvalue weighted by Crippen LogP contribution is -2.14. The highest BCUT2D eigenvalue weighted by molar-refractivity contribution is 6.06. The van der Waals surface area contributed by atoms with E-state index in [1.165, 1.54) is 77.5 Å². The fourth-order valence-corrected chi connectivity index (χ4v) is 7.36. The molecule has 0 amide bonds. The Hall–Kier alpha value is -5.08. The Morgan fingerprint density at radius 1 is 0.489 bits per heavy atom. The van der Waals surface area contributed by atoms with Gasteiger partial charge in [-0.15, -0.1) is 0 Å². The van der Waals surface area contributed by atoms with Crippen LogP contribution in [0.2, 0.25) is 0 Å². The van der Waals surface area contributed by atoms with E-state index in [2.05, 4.69) is 145 Å². The molecule has 2 heterocycles. The molecule has 2 heteroatoms. The second-order valence-corrected chi connectivity index (χ2v) is 13.2. The fourth-order valence-electron chi connectivity index (χ4n) is 7.36. The first-order valence-electron chi connectivity index (χ1n) is 15.8. The molecule has 2 aromatic heterocycles. The van der Waals surface area contributed by atoms with Crippen LogP contribution in [-0.2, 0) is 5.41 Å². The molecule has 0 radical (unpaired) electrons. The minimum absolute atomic E-state index is 0.0188. The molecule has 1 aliphatic rings. The molecule has 0 bridgehead atoms. The lowest BCUT2D eigenvalue weighted by Gasteiger charge is -2.22. The van der Waals surface area contributed by atoms with Gasteiger partial charge in [-0.1, -0.05) is 98.8 Å². The van der Waals surface area contributed by atoms with Crippen molar-refractivity contribution in [1.29, 1.82) is 0 Å². The summed E-state index contributed by atoms with van der Waals surface area (Å²) in [4.78, 5) is 10.2. The van der Waals surface area contributed by atoms with Crippen molar-refractivity contribution in [2.45, 2.75) is 47.0 Å². The standard InChI is InChI=1S/C43H36N2/c1-25-24-44-41-34(26(25)2)19-20-35-27(3)28(4)40(45-42(35)41)33-14-10-13-31(22-33)29-11-9-12-30(21-29)32-17-18-37-36-15-7-8-16-38(36)43(5,6)39(37)23-32/h7-24H,1-6H3. The minimum atomic E-state index is -0.0188. The Kier molecular flexibility index (Phi) is 6.09. The third kappa shape index (κ3) is 4.16. The third-order valence-electron chi connectivity index (χ3n) is 10.3. The van der Waals surface area contributed by atoms with Crippen LogP contribution in [-0.4, -0.2) is 9.97 Å². The van der Waals surface area contributed by atoms with Gasteiger partial charge in [-0.2, -0.15) is 0 Å². The van der Waals surface area contributed by atoms with Crippen LogP contribution in [0, 0.1) is 27.7 Å².